The molecule has 1 atom stereocenters. The van der Waals surface area contributed by atoms with Gasteiger partial charge in [-0.3, -0.25) is 4.90 Å². The summed E-state index contributed by atoms with van der Waals surface area (Å²) in [6.07, 6.45) is 0.864. The Bertz CT molecular complexity index is 421. The van der Waals surface area contributed by atoms with E-state index in [2.05, 4.69) is 18.2 Å². The van der Waals surface area contributed by atoms with Crippen molar-refractivity contribution in [2.45, 2.75) is 17.4 Å². The number of fused-ring (bicyclic) bond motifs is 1. The molecule has 0 spiro atoms. The Labute approximate surface area is 98.8 Å². The maximum atomic E-state index is 11.6. The Morgan fingerprint density at radius 3 is 3.06 bits per heavy atom. The molecule has 0 aromatic heterocycles. The molecule has 3 nitrogen and oxygen atoms in total. The number of hydrogen-bond donors (Lipinski definition) is 0. The van der Waals surface area contributed by atoms with Crippen molar-refractivity contribution < 1.29 is 9.53 Å². The number of ether oxygens (including phenoxy) is 1. The number of carbonyl (C=O) groups excluding carboxylic acids is 1. The van der Waals surface area contributed by atoms with E-state index in [0.29, 0.717) is 6.61 Å². The average Bonchev–Trinajstić information content (AvgIpc) is 2.75. The van der Waals surface area contributed by atoms with Gasteiger partial charge in [-0.25, -0.2) is 4.79 Å². The summed E-state index contributed by atoms with van der Waals surface area (Å²) in [5.41, 5.74) is 1.28. The van der Waals surface area contributed by atoms with Crippen molar-refractivity contribution in [1.29, 1.82) is 0 Å². The third-order valence-corrected chi connectivity index (χ3v) is 4.22. The number of rotatable bonds is 1. The first-order valence-corrected chi connectivity index (χ1v) is 6.50. The fraction of sp³-hybridized carbons (Fsp3) is 0.417. The lowest BCUT2D eigenvalue weighted by atomic mass is 10.0. The van der Waals surface area contributed by atoms with Gasteiger partial charge in [-0.15, -0.1) is 11.8 Å². The predicted octanol–water partition coefficient (Wildman–Crippen LogP) is 2.68. The minimum atomic E-state index is -0.160. The van der Waals surface area contributed by atoms with Crippen LogP contribution in [-0.4, -0.2) is 29.9 Å². The van der Waals surface area contributed by atoms with Crippen LogP contribution in [0.15, 0.2) is 29.2 Å². The van der Waals surface area contributed by atoms with Gasteiger partial charge in [0.1, 0.15) is 6.61 Å². The normalized spacial score (nSPS) is 24.1. The van der Waals surface area contributed by atoms with Gasteiger partial charge >= 0.3 is 6.09 Å². The quantitative estimate of drug-likeness (QED) is 0.749. The number of cyclic esters (lactones) is 1. The van der Waals surface area contributed by atoms with Gasteiger partial charge in [0, 0.05) is 10.6 Å². The molecule has 4 heteroatoms. The van der Waals surface area contributed by atoms with Crippen LogP contribution in [0.3, 0.4) is 0 Å². The van der Waals surface area contributed by atoms with Gasteiger partial charge in [-0.05, 0) is 18.1 Å². The molecule has 0 N–H and O–H groups in total. The number of carbonyl (C=O) groups is 1. The average molecular weight is 235 g/mol. The summed E-state index contributed by atoms with van der Waals surface area (Å²) in [5.74, 6) is 1.07. The highest BCUT2D eigenvalue weighted by Gasteiger charge is 2.33. The molecular weight excluding hydrogens is 222 g/mol. The fourth-order valence-corrected chi connectivity index (χ4v) is 3.44. The van der Waals surface area contributed by atoms with Crippen molar-refractivity contribution >= 4 is 17.9 Å². The maximum absolute atomic E-state index is 11.6. The van der Waals surface area contributed by atoms with E-state index in [0.717, 1.165) is 18.7 Å². The van der Waals surface area contributed by atoms with Gasteiger partial charge in [-0.1, -0.05) is 18.2 Å². The Morgan fingerprint density at radius 2 is 2.25 bits per heavy atom. The summed E-state index contributed by atoms with van der Waals surface area (Å²) in [6.45, 7) is 1.26. The molecule has 0 saturated carbocycles. The molecule has 0 bridgehead atoms. The molecule has 0 aliphatic carbocycles. The lowest BCUT2D eigenvalue weighted by molar-refractivity contribution is 0.146. The minimum absolute atomic E-state index is 0.160. The predicted molar refractivity (Wildman–Crippen MR) is 62.6 cm³/mol. The highest BCUT2D eigenvalue weighted by Crippen LogP contribution is 2.39. The summed E-state index contributed by atoms with van der Waals surface area (Å²) in [5, 5.41) is 0. The smallest absolute Gasteiger partial charge is 0.410 e. The van der Waals surface area contributed by atoms with Gasteiger partial charge < -0.3 is 4.74 Å². The fourth-order valence-electron chi connectivity index (χ4n) is 2.34. The van der Waals surface area contributed by atoms with Crippen molar-refractivity contribution in [2.24, 2.45) is 0 Å². The lowest BCUT2D eigenvalue weighted by Gasteiger charge is -2.30. The van der Waals surface area contributed by atoms with Crippen LogP contribution in [-0.2, 0) is 4.74 Å². The van der Waals surface area contributed by atoms with E-state index in [-0.39, 0.29) is 12.1 Å². The second kappa shape index (κ2) is 4.01. The molecule has 2 aliphatic heterocycles. The van der Waals surface area contributed by atoms with Gasteiger partial charge in [0.25, 0.3) is 0 Å². The number of amides is 1. The Kier molecular flexibility index (Phi) is 2.52. The number of benzene rings is 1. The summed E-state index contributed by atoms with van der Waals surface area (Å²) in [6, 6.07) is 8.56. The molecule has 1 aromatic carbocycles. The largest absolute Gasteiger partial charge is 0.448 e. The third-order valence-electron chi connectivity index (χ3n) is 3.10. The molecule has 1 aromatic rings. The molecule has 84 valence electrons. The molecule has 2 aliphatic rings. The minimum Gasteiger partial charge on any atom is -0.448 e. The van der Waals surface area contributed by atoms with Crippen molar-refractivity contribution in [3.8, 4) is 0 Å². The molecule has 16 heavy (non-hydrogen) atoms. The Balaban J connectivity index is 1.95. The van der Waals surface area contributed by atoms with Gasteiger partial charge in [0.15, 0.2) is 0 Å². The SMILES string of the molecule is O=C1OCCN1C1CCSc2ccccc21. The highest BCUT2D eigenvalue weighted by molar-refractivity contribution is 7.99. The van der Waals surface area contributed by atoms with E-state index in [4.69, 9.17) is 4.74 Å². The molecule has 1 saturated heterocycles. The summed E-state index contributed by atoms with van der Waals surface area (Å²) < 4.78 is 5.01. The summed E-state index contributed by atoms with van der Waals surface area (Å²) in [7, 11) is 0. The van der Waals surface area contributed by atoms with Crippen molar-refractivity contribution in [1.82, 2.24) is 4.90 Å². The first kappa shape index (κ1) is 10.0. The molecule has 0 radical (unpaired) electrons. The monoisotopic (exact) mass is 235 g/mol. The first-order valence-electron chi connectivity index (χ1n) is 5.51. The van der Waals surface area contributed by atoms with E-state index < -0.39 is 0 Å². The topological polar surface area (TPSA) is 29.5 Å². The van der Waals surface area contributed by atoms with Crippen LogP contribution in [0.1, 0.15) is 18.0 Å². The maximum Gasteiger partial charge on any atom is 0.410 e. The summed E-state index contributed by atoms with van der Waals surface area (Å²) in [4.78, 5) is 14.7. The zero-order chi connectivity index (χ0) is 11.0. The molecule has 2 heterocycles. The highest BCUT2D eigenvalue weighted by atomic mass is 32.2. The zero-order valence-corrected chi connectivity index (χ0v) is 9.70. The van der Waals surface area contributed by atoms with Crippen LogP contribution < -0.4 is 0 Å². The zero-order valence-electron chi connectivity index (χ0n) is 8.89. The molecule has 3 rings (SSSR count). The number of nitrogens with zero attached hydrogens (tertiary/aromatic N) is 1. The van der Waals surface area contributed by atoms with Gasteiger partial charge in [0.2, 0.25) is 0 Å². The Hall–Kier alpha value is -1.16. The number of thioether (sulfide) groups is 1. The first-order chi connectivity index (χ1) is 7.86. The van der Waals surface area contributed by atoms with Crippen LogP contribution in [0.2, 0.25) is 0 Å². The van der Waals surface area contributed by atoms with E-state index >= 15 is 0 Å². The van der Waals surface area contributed by atoms with E-state index in [1.165, 1.54) is 10.5 Å². The van der Waals surface area contributed by atoms with Crippen LogP contribution >= 0.6 is 11.8 Å². The van der Waals surface area contributed by atoms with E-state index in [1.54, 1.807) is 0 Å². The second-order valence-corrected chi connectivity index (χ2v) is 5.14. The van der Waals surface area contributed by atoms with E-state index in [9.17, 15) is 4.79 Å². The van der Waals surface area contributed by atoms with Gasteiger partial charge in [-0.2, -0.15) is 0 Å². The van der Waals surface area contributed by atoms with Crippen LogP contribution in [0.25, 0.3) is 0 Å². The molecular formula is C12H13NO2S. The molecule has 1 unspecified atom stereocenters. The molecule has 1 fully saturated rings. The van der Waals surface area contributed by atoms with Crippen LogP contribution in [0.4, 0.5) is 4.79 Å². The Morgan fingerprint density at radius 1 is 1.38 bits per heavy atom. The second-order valence-electron chi connectivity index (χ2n) is 4.00. The number of hydrogen-bond acceptors (Lipinski definition) is 3. The van der Waals surface area contributed by atoms with E-state index in [1.807, 2.05) is 22.7 Å². The van der Waals surface area contributed by atoms with Crippen molar-refractivity contribution in [2.75, 3.05) is 18.9 Å². The molecule has 1 amide bonds. The van der Waals surface area contributed by atoms with Crippen LogP contribution in [0.5, 0.6) is 0 Å². The third kappa shape index (κ3) is 1.57. The van der Waals surface area contributed by atoms with Crippen molar-refractivity contribution in [3.05, 3.63) is 29.8 Å². The standard InChI is InChI=1S/C12H13NO2S/c14-12-13(6-7-15-12)10-5-8-16-11-4-2-1-3-9(10)11/h1-4,10H,5-8H2. The summed E-state index contributed by atoms with van der Waals surface area (Å²) >= 11 is 1.87. The van der Waals surface area contributed by atoms with Crippen molar-refractivity contribution in [3.63, 3.8) is 0 Å². The van der Waals surface area contributed by atoms with Crippen LogP contribution in [0, 0.1) is 0 Å². The van der Waals surface area contributed by atoms with Gasteiger partial charge in [0.05, 0.1) is 12.6 Å². The lowest BCUT2D eigenvalue weighted by Crippen LogP contribution is -2.31.